The first kappa shape index (κ1) is 21.3. The first-order chi connectivity index (χ1) is 16.4. The molecule has 1 amide bonds. The smallest absolute Gasteiger partial charge is 0.312 e. The summed E-state index contributed by atoms with van der Waals surface area (Å²) in [6.07, 6.45) is 3.03. The van der Waals surface area contributed by atoms with Crippen LogP contribution >= 0.6 is 0 Å². The van der Waals surface area contributed by atoms with E-state index in [0.717, 1.165) is 0 Å². The number of primary amides is 1. The molecule has 172 valence electrons. The highest BCUT2D eigenvalue weighted by molar-refractivity contribution is 6.15. The van der Waals surface area contributed by atoms with Gasteiger partial charge in [-0.2, -0.15) is 0 Å². The fourth-order valence-electron chi connectivity index (χ4n) is 4.07. The van der Waals surface area contributed by atoms with Gasteiger partial charge in [-0.3, -0.25) is 14.4 Å². The third-order valence-electron chi connectivity index (χ3n) is 5.56. The summed E-state index contributed by atoms with van der Waals surface area (Å²) >= 11 is 0. The lowest BCUT2D eigenvalue weighted by atomic mass is 9.84. The molecule has 0 radical (unpaired) electrons. The molecular weight excluding hydrogens is 442 g/mol. The zero-order valence-corrected chi connectivity index (χ0v) is 18.0. The minimum absolute atomic E-state index is 0.0137. The fraction of sp³-hybridized carbons (Fsp3) is 0.160. The molecule has 2 aliphatic heterocycles. The number of methoxy groups -OCH3 is 1. The van der Waals surface area contributed by atoms with Crippen LogP contribution in [0.15, 0.2) is 58.9 Å². The topological polar surface area (TPSA) is 127 Å². The number of fused-ring (bicyclic) bond motifs is 3. The van der Waals surface area contributed by atoms with Gasteiger partial charge in [0.2, 0.25) is 5.78 Å². The lowest BCUT2D eigenvalue weighted by Crippen LogP contribution is -2.22. The molecular formula is C25H19NO8. The van der Waals surface area contributed by atoms with Gasteiger partial charge in [0, 0.05) is 17.6 Å². The lowest BCUT2D eigenvalue weighted by Gasteiger charge is -2.26. The number of hydrogen-bond acceptors (Lipinski definition) is 8. The van der Waals surface area contributed by atoms with Crippen molar-refractivity contribution in [2.75, 3.05) is 13.7 Å². The minimum Gasteiger partial charge on any atom is -0.493 e. The molecule has 2 aliphatic rings. The summed E-state index contributed by atoms with van der Waals surface area (Å²) in [5.41, 5.74) is 6.82. The van der Waals surface area contributed by atoms with Crippen molar-refractivity contribution in [3.63, 3.8) is 0 Å². The molecule has 2 N–H and O–H groups in total. The lowest BCUT2D eigenvalue weighted by molar-refractivity contribution is -0.135. The summed E-state index contributed by atoms with van der Waals surface area (Å²) in [4.78, 5) is 36.6. The third-order valence-corrected chi connectivity index (χ3v) is 5.56. The number of esters is 1. The van der Waals surface area contributed by atoms with E-state index in [1.165, 1.54) is 19.4 Å². The maximum absolute atomic E-state index is 13.0. The molecule has 1 atom stereocenters. The van der Waals surface area contributed by atoms with Crippen molar-refractivity contribution in [1.82, 2.24) is 0 Å². The van der Waals surface area contributed by atoms with E-state index in [1.807, 2.05) is 0 Å². The van der Waals surface area contributed by atoms with Gasteiger partial charge in [-0.05, 0) is 42.0 Å². The van der Waals surface area contributed by atoms with Gasteiger partial charge in [-0.15, -0.1) is 0 Å². The maximum atomic E-state index is 13.0. The number of nitrogens with two attached hydrogens (primary N) is 1. The molecule has 1 aromatic heterocycles. The second kappa shape index (κ2) is 8.43. The van der Waals surface area contributed by atoms with Crippen molar-refractivity contribution in [2.45, 2.75) is 12.3 Å². The average Bonchev–Trinajstić information content (AvgIpc) is 3.45. The molecule has 0 unspecified atom stereocenters. The maximum Gasteiger partial charge on any atom is 0.312 e. The molecule has 2 aromatic carbocycles. The van der Waals surface area contributed by atoms with E-state index in [0.29, 0.717) is 45.4 Å². The van der Waals surface area contributed by atoms with Gasteiger partial charge >= 0.3 is 5.97 Å². The van der Waals surface area contributed by atoms with Gasteiger partial charge in [-0.25, -0.2) is 0 Å². The van der Waals surface area contributed by atoms with E-state index in [9.17, 15) is 14.4 Å². The number of ether oxygens (including phenoxy) is 4. The first-order valence-corrected chi connectivity index (χ1v) is 10.4. The van der Waals surface area contributed by atoms with Crippen LogP contribution in [0.25, 0.3) is 6.08 Å². The van der Waals surface area contributed by atoms with E-state index in [2.05, 4.69) is 0 Å². The monoisotopic (exact) mass is 461 g/mol. The van der Waals surface area contributed by atoms with Crippen LogP contribution < -0.4 is 24.7 Å². The molecule has 3 heterocycles. The van der Waals surface area contributed by atoms with Gasteiger partial charge < -0.3 is 29.1 Å². The Labute approximate surface area is 193 Å². The largest absolute Gasteiger partial charge is 0.493 e. The van der Waals surface area contributed by atoms with Crippen LogP contribution in [0.4, 0.5) is 0 Å². The molecule has 0 saturated heterocycles. The highest BCUT2D eigenvalue weighted by atomic mass is 16.5. The van der Waals surface area contributed by atoms with Crippen LogP contribution in [0, 0.1) is 0 Å². The van der Waals surface area contributed by atoms with Crippen LogP contribution in [0.5, 0.6) is 23.0 Å². The molecule has 0 aliphatic carbocycles. The Kier molecular flexibility index (Phi) is 5.29. The molecule has 34 heavy (non-hydrogen) atoms. The van der Waals surface area contributed by atoms with Crippen molar-refractivity contribution in [3.05, 3.63) is 76.9 Å². The Morgan fingerprint density at radius 2 is 2.00 bits per heavy atom. The fourth-order valence-corrected chi connectivity index (χ4v) is 4.07. The third kappa shape index (κ3) is 3.77. The molecule has 0 spiro atoms. The summed E-state index contributed by atoms with van der Waals surface area (Å²) in [5.74, 6) is 0.0422. The number of rotatable bonds is 6. The summed E-state index contributed by atoms with van der Waals surface area (Å²) in [6.45, 7) is -0.336. The van der Waals surface area contributed by atoms with Crippen molar-refractivity contribution in [1.29, 1.82) is 0 Å². The number of ketones is 1. The van der Waals surface area contributed by atoms with Gasteiger partial charge in [0.15, 0.2) is 23.9 Å². The normalized spacial score (nSPS) is 17.6. The van der Waals surface area contributed by atoms with E-state index < -0.39 is 17.8 Å². The van der Waals surface area contributed by atoms with Crippen molar-refractivity contribution in [3.8, 4) is 23.0 Å². The van der Waals surface area contributed by atoms with Crippen LogP contribution in [-0.2, 0) is 9.59 Å². The summed E-state index contributed by atoms with van der Waals surface area (Å²) in [5, 5.41) is 0. The van der Waals surface area contributed by atoms with Crippen molar-refractivity contribution in [2.24, 2.45) is 5.73 Å². The average molecular weight is 461 g/mol. The molecule has 3 aromatic rings. The van der Waals surface area contributed by atoms with Crippen LogP contribution in [-0.4, -0.2) is 31.4 Å². The zero-order valence-electron chi connectivity index (χ0n) is 18.0. The number of Topliss-reactive ketones (excluding diaryl/α,β-unsaturated/α-hetero) is 1. The number of amides is 1. The molecule has 0 saturated carbocycles. The van der Waals surface area contributed by atoms with Gasteiger partial charge in [0.05, 0.1) is 25.4 Å². The van der Waals surface area contributed by atoms with E-state index in [1.54, 1.807) is 42.5 Å². The van der Waals surface area contributed by atoms with E-state index in [-0.39, 0.29) is 24.6 Å². The molecule has 9 nitrogen and oxygen atoms in total. The number of furan rings is 1. The molecule has 9 heteroatoms. The van der Waals surface area contributed by atoms with Crippen molar-refractivity contribution >= 4 is 23.7 Å². The summed E-state index contributed by atoms with van der Waals surface area (Å²) in [7, 11) is 1.47. The second-order valence-corrected chi connectivity index (χ2v) is 7.71. The predicted octanol–water partition coefficient (Wildman–Crippen LogP) is 3.21. The van der Waals surface area contributed by atoms with E-state index >= 15 is 0 Å². The van der Waals surface area contributed by atoms with Crippen LogP contribution in [0.2, 0.25) is 0 Å². The van der Waals surface area contributed by atoms with Gasteiger partial charge in [0.1, 0.15) is 17.3 Å². The Hall–Kier alpha value is -4.53. The molecule has 0 fully saturated rings. The number of allylic oxidation sites excluding steroid dienone is 1. The number of carbonyl (C=O) groups is 3. The predicted molar refractivity (Wildman–Crippen MR) is 118 cm³/mol. The highest BCUT2D eigenvalue weighted by Gasteiger charge is 2.38. The van der Waals surface area contributed by atoms with Gasteiger partial charge in [0.25, 0.3) is 5.91 Å². The SMILES string of the molecule is COc1ccc([C@H]2CC(=O)Oc3ccc4c(c32)O/C(=C\c2ccco2)C4=O)cc1OCC(N)=O. The van der Waals surface area contributed by atoms with Gasteiger partial charge in [-0.1, -0.05) is 6.07 Å². The summed E-state index contributed by atoms with van der Waals surface area (Å²) < 4.78 is 27.5. The number of carbonyl (C=O) groups excluding carboxylic acids is 3. The van der Waals surface area contributed by atoms with Crippen molar-refractivity contribution < 1.29 is 37.7 Å². The van der Waals surface area contributed by atoms with E-state index in [4.69, 9.17) is 29.1 Å². The standard InChI is InChI=1S/C25H19NO8/c1-30-17-6-4-13(9-19(17)32-12-21(26)27)16-11-22(28)33-18-7-5-15-24(29)20(34-25(15)23(16)18)10-14-3-2-8-31-14/h2-10,16H,11-12H2,1H3,(H2,26,27)/b20-10-/t16-/m1/s1. The Bertz CT molecular complexity index is 1340. The molecule has 5 rings (SSSR count). The number of benzene rings is 2. The Balaban J connectivity index is 1.59. The Morgan fingerprint density at radius 1 is 1.15 bits per heavy atom. The summed E-state index contributed by atoms with van der Waals surface area (Å²) in [6, 6.07) is 11.7. The Morgan fingerprint density at radius 3 is 2.74 bits per heavy atom. The second-order valence-electron chi connectivity index (χ2n) is 7.71. The quantitative estimate of drug-likeness (QED) is 0.337. The van der Waals surface area contributed by atoms with Crippen LogP contribution in [0.3, 0.4) is 0 Å². The zero-order chi connectivity index (χ0) is 23.8. The van der Waals surface area contributed by atoms with Crippen LogP contribution in [0.1, 0.15) is 39.6 Å². The first-order valence-electron chi connectivity index (χ1n) is 10.4. The highest BCUT2D eigenvalue weighted by Crippen LogP contribution is 2.49. The minimum atomic E-state index is -0.639. The number of hydrogen-bond donors (Lipinski definition) is 1. The molecule has 0 bridgehead atoms.